The van der Waals surface area contributed by atoms with Crippen molar-refractivity contribution in [3.8, 4) is 0 Å². The van der Waals surface area contributed by atoms with Gasteiger partial charge in [0.15, 0.2) is 0 Å². The first-order chi connectivity index (χ1) is 2.37. The summed E-state index contributed by atoms with van der Waals surface area (Å²) in [4.78, 5) is 0. The molecule has 3 aliphatic heterocycles. The maximum absolute atomic E-state index is 1.85. The maximum atomic E-state index is 1.85. The minimum Gasteiger partial charge on any atom is -0.0934 e. The van der Waals surface area contributed by atoms with E-state index < -0.39 is 0 Å². The third kappa shape index (κ3) is 0.0832. The third-order valence-electron chi connectivity index (χ3n) is 2.22. The van der Waals surface area contributed by atoms with E-state index in [0.717, 1.165) is 0 Å². The molecule has 0 saturated heterocycles. The van der Waals surface area contributed by atoms with E-state index in [1.807, 2.05) is 17.7 Å². The zero-order chi connectivity index (χ0) is 3.12. The quantitative estimate of drug-likeness (QED) is 0.411. The molecule has 3 heterocycles. The first kappa shape index (κ1) is 2.24. The molecule has 0 N–H and O–H groups in total. The van der Waals surface area contributed by atoms with Crippen molar-refractivity contribution >= 4 is 13.1 Å². The van der Waals surface area contributed by atoms with Gasteiger partial charge in [0, 0.05) is 0 Å². The van der Waals surface area contributed by atoms with Gasteiger partial charge in [-0.2, -0.15) is 0 Å². The van der Waals surface area contributed by atoms with Crippen LogP contribution >= 0.6 is 13.1 Å². The summed E-state index contributed by atoms with van der Waals surface area (Å²) in [6.45, 7) is 0.569. The molecule has 0 fully saturated rings. The summed E-state index contributed by atoms with van der Waals surface area (Å²) in [5.41, 5.74) is 0. The van der Waals surface area contributed by atoms with Crippen molar-refractivity contribution in [1.29, 1.82) is 0 Å². The molecule has 0 aliphatic carbocycles. The van der Waals surface area contributed by atoms with Gasteiger partial charge in [-0.05, 0) is 17.7 Å². The lowest BCUT2D eigenvalue weighted by Gasteiger charge is -2.17. The van der Waals surface area contributed by atoms with Gasteiger partial charge in [0.1, 0.15) is 0 Å². The van der Waals surface area contributed by atoms with E-state index in [0.29, 0.717) is 0 Å². The fourth-order valence-electron chi connectivity index (χ4n) is 1.26. The molecule has 2 heteroatoms. The SMILES string of the molecule is C1P23=P1(C2)C3. The smallest absolute Gasteiger partial charge is 0.0108 e. The molecule has 0 radical (unpaired) electrons. The molecule has 0 unspecified atom stereocenters. The van der Waals surface area contributed by atoms with Crippen LogP contribution in [0.25, 0.3) is 0 Å². The Morgan fingerprint density at radius 1 is 0.800 bits per heavy atom. The molecule has 0 spiro atoms. The highest BCUT2D eigenvalue weighted by molar-refractivity contribution is 8.65. The van der Waals surface area contributed by atoms with E-state index in [1.54, 1.807) is 0 Å². The van der Waals surface area contributed by atoms with E-state index >= 15 is 0 Å². The van der Waals surface area contributed by atoms with Gasteiger partial charge in [-0.1, -0.05) is 13.1 Å². The Bertz CT molecular complexity index is 138. The van der Waals surface area contributed by atoms with Gasteiger partial charge in [0.2, 0.25) is 0 Å². The van der Waals surface area contributed by atoms with Crippen molar-refractivity contribution in [1.82, 2.24) is 0 Å². The molecule has 5 heavy (non-hydrogen) atoms. The molecule has 0 aromatic heterocycles. The minimum atomic E-state index is 0.285. The Labute approximate surface area is 31.7 Å². The maximum Gasteiger partial charge on any atom is -0.0108 e. The van der Waals surface area contributed by atoms with Crippen LogP contribution < -0.4 is 0 Å². The fraction of sp³-hybridized carbons (Fsp3) is 1.00. The molecular weight excluding hydrogens is 98.0 g/mol. The summed E-state index contributed by atoms with van der Waals surface area (Å²) in [6, 6.07) is 0. The molecule has 0 saturated carbocycles. The lowest BCUT2D eigenvalue weighted by Crippen LogP contribution is -1.92. The Morgan fingerprint density at radius 2 is 1.00 bits per heavy atom. The zero-order valence-corrected chi connectivity index (χ0v) is 4.80. The number of hydrogen-bond acceptors (Lipinski definition) is 0. The molecule has 0 bridgehead atoms. The Balaban J connectivity index is 2.79. The largest absolute Gasteiger partial charge is 0.0934 e. The molecule has 0 aromatic carbocycles. The summed E-state index contributed by atoms with van der Waals surface area (Å²) in [6.07, 6.45) is 0. The molecule has 3 rings (SSSR count). The molecule has 3 aliphatic rings. The average molecular weight is 104 g/mol. The van der Waals surface area contributed by atoms with E-state index in [9.17, 15) is 0 Å². The summed E-state index contributed by atoms with van der Waals surface area (Å²) in [5, 5.41) is 0. The van der Waals surface area contributed by atoms with Crippen LogP contribution in [0, 0.1) is 0 Å². The third-order valence-corrected chi connectivity index (χ3v) is 20.0. The Kier molecular flexibility index (Phi) is 0.129. The van der Waals surface area contributed by atoms with E-state index in [-0.39, 0.29) is 13.1 Å². The lowest BCUT2D eigenvalue weighted by atomic mass is 11.7. The van der Waals surface area contributed by atoms with Gasteiger partial charge in [0.25, 0.3) is 0 Å². The predicted octanol–water partition coefficient (Wildman–Crippen LogP) is 1.85. The monoisotopic (exact) mass is 104 g/mol. The second kappa shape index (κ2) is 0.288. The van der Waals surface area contributed by atoms with Crippen molar-refractivity contribution in [3.05, 3.63) is 0 Å². The van der Waals surface area contributed by atoms with Gasteiger partial charge in [-0.25, -0.2) is 0 Å². The molecular formula is C3H6P2. The highest BCUT2D eigenvalue weighted by atomic mass is 32.0. The first-order valence-electron chi connectivity index (χ1n) is 2.10. The van der Waals surface area contributed by atoms with Crippen molar-refractivity contribution in [2.75, 3.05) is 17.7 Å². The Hall–Kier alpha value is 0.860. The van der Waals surface area contributed by atoms with Crippen LogP contribution in [0.3, 0.4) is 0 Å². The lowest BCUT2D eigenvalue weighted by molar-refractivity contribution is 1.74. The molecule has 0 aromatic rings. The van der Waals surface area contributed by atoms with Crippen LogP contribution in [0.2, 0.25) is 0 Å². The topological polar surface area (TPSA) is 0 Å². The second-order valence-corrected chi connectivity index (χ2v) is 15.5. The van der Waals surface area contributed by atoms with E-state index in [1.165, 1.54) is 0 Å². The fourth-order valence-corrected chi connectivity index (χ4v) is 21.0. The summed E-state index contributed by atoms with van der Waals surface area (Å²) < 4.78 is 0. The van der Waals surface area contributed by atoms with Crippen molar-refractivity contribution < 1.29 is 0 Å². The van der Waals surface area contributed by atoms with Gasteiger partial charge in [-0.15, -0.1) is 0 Å². The van der Waals surface area contributed by atoms with Crippen LogP contribution in [-0.4, -0.2) is 17.7 Å². The van der Waals surface area contributed by atoms with Crippen molar-refractivity contribution in [3.63, 3.8) is 0 Å². The van der Waals surface area contributed by atoms with E-state index in [4.69, 9.17) is 0 Å². The second-order valence-electron chi connectivity index (χ2n) is 2.61. The van der Waals surface area contributed by atoms with Gasteiger partial charge in [-0.3, -0.25) is 0 Å². The van der Waals surface area contributed by atoms with Gasteiger partial charge in [0.05, 0.1) is 0 Å². The highest BCUT2D eigenvalue weighted by Crippen LogP contribution is 3.29. The standard InChI is InChI=1S/C3H6P2/c1-4-2-5(1,4)3-4/h1-3H2. The molecule has 0 atom stereocenters. The predicted molar refractivity (Wildman–Crippen MR) is 28.4 cm³/mol. The summed E-state index contributed by atoms with van der Waals surface area (Å²) >= 11 is 0. The zero-order valence-electron chi connectivity index (χ0n) is 3.02. The number of hydrogen-bond donors (Lipinski definition) is 0. The van der Waals surface area contributed by atoms with Gasteiger partial charge >= 0.3 is 0 Å². The summed E-state index contributed by atoms with van der Waals surface area (Å²) in [5.74, 6) is 5.54. The van der Waals surface area contributed by atoms with E-state index in [2.05, 4.69) is 0 Å². The van der Waals surface area contributed by atoms with Crippen molar-refractivity contribution in [2.45, 2.75) is 0 Å². The van der Waals surface area contributed by atoms with Crippen LogP contribution in [0.5, 0.6) is 0 Å². The first-order valence-corrected chi connectivity index (χ1v) is 7.49. The van der Waals surface area contributed by atoms with Crippen LogP contribution in [-0.2, 0) is 0 Å². The normalized spacial score (nSPS) is 91.2. The average Bonchev–Trinajstić information content (AvgIpc) is 1.30. The van der Waals surface area contributed by atoms with Crippen molar-refractivity contribution in [2.24, 2.45) is 0 Å². The van der Waals surface area contributed by atoms with Gasteiger partial charge < -0.3 is 0 Å². The summed E-state index contributed by atoms with van der Waals surface area (Å²) in [7, 11) is 0. The van der Waals surface area contributed by atoms with Crippen LogP contribution in [0.15, 0.2) is 0 Å². The van der Waals surface area contributed by atoms with Crippen LogP contribution in [0.4, 0.5) is 0 Å². The van der Waals surface area contributed by atoms with Crippen LogP contribution in [0.1, 0.15) is 0 Å². The molecule has 0 nitrogen and oxygen atoms in total. The highest BCUT2D eigenvalue weighted by Gasteiger charge is 2.77. The Morgan fingerprint density at radius 3 is 1.00 bits per heavy atom. The molecule has 28 valence electrons. The molecule has 0 amide bonds. The number of rotatable bonds is 0. The minimum absolute atomic E-state index is 0.285.